The van der Waals surface area contributed by atoms with Gasteiger partial charge in [0.1, 0.15) is 0 Å². The molecule has 114 valence electrons. The van der Waals surface area contributed by atoms with Crippen LogP contribution in [0.5, 0.6) is 0 Å². The molecule has 0 aliphatic carbocycles. The van der Waals surface area contributed by atoms with Crippen molar-refractivity contribution >= 4 is 39.7 Å². The summed E-state index contributed by atoms with van der Waals surface area (Å²) >= 11 is 5.36. The maximum Gasteiger partial charge on any atom is 0.0701 e. The Morgan fingerprint density at radius 3 is 2.52 bits per heavy atom. The van der Waals surface area contributed by atoms with Gasteiger partial charge in [0.2, 0.25) is 0 Å². The molecule has 0 amide bonds. The Morgan fingerprint density at radius 2 is 1.90 bits per heavy atom. The normalized spacial score (nSPS) is 22.2. The summed E-state index contributed by atoms with van der Waals surface area (Å²) in [5.41, 5.74) is 7.42. The lowest BCUT2D eigenvalue weighted by atomic mass is 9.89. The third-order valence-electron chi connectivity index (χ3n) is 4.06. The zero-order valence-electron chi connectivity index (χ0n) is 11.7. The van der Waals surface area contributed by atoms with Crippen LogP contribution in [0.25, 0.3) is 0 Å². The first kappa shape index (κ1) is 17.0. The second-order valence-corrected chi connectivity index (χ2v) is 7.96. The molecule has 1 aromatic carbocycles. The number of nitrogens with zero attached hydrogens (tertiary/aromatic N) is 1. The maximum absolute atomic E-state index is 5.99. The summed E-state index contributed by atoms with van der Waals surface area (Å²) < 4.78 is 1.21. The smallest absolute Gasteiger partial charge is 0.0701 e. The minimum atomic E-state index is 0. The number of benzene rings is 1. The molecular formula is C16H20BrClN2S. The van der Waals surface area contributed by atoms with Crippen molar-refractivity contribution in [1.82, 2.24) is 4.90 Å². The van der Waals surface area contributed by atoms with Crippen molar-refractivity contribution in [3.63, 3.8) is 0 Å². The highest BCUT2D eigenvalue weighted by Gasteiger charge is 2.32. The van der Waals surface area contributed by atoms with E-state index in [0.29, 0.717) is 11.8 Å². The van der Waals surface area contributed by atoms with Gasteiger partial charge in [-0.05, 0) is 46.1 Å². The highest BCUT2D eigenvalue weighted by molar-refractivity contribution is 9.11. The lowest BCUT2D eigenvalue weighted by Crippen LogP contribution is -2.22. The number of halogens is 2. The summed E-state index contributed by atoms with van der Waals surface area (Å²) in [6.07, 6.45) is 0. The van der Waals surface area contributed by atoms with E-state index in [4.69, 9.17) is 5.73 Å². The van der Waals surface area contributed by atoms with Gasteiger partial charge in [-0.2, -0.15) is 0 Å². The van der Waals surface area contributed by atoms with Gasteiger partial charge in [0, 0.05) is 30.4 Å². The van der Waals surface area contributed by atoms with Gasteiger partial charge in [0.15, 0.2) is 0 Å². The Morgan fingerprint density at radius 1 is 1.14 bits per heavy atom. The first-order valence-corrected chi connectivity index (χ1v) is 8.59. The van der Waals surface area contributed by atoms with E-state index in [1.54, 1.807) is 0 Å². The van der Waals surface area contributed by atoms with Gasteiger partial charge in [0.25, 0.3) is 0 Å². The molecule has 2 atom stereocenters. The average Bonchev–Trinajstić information content (AvgIpc) is 3.06. The molecular weight excluding hydrogens is 368 g/mol. The van der Waals surface area contributed by atoms with Crippen LogP contribution in [0.1, 0.15) is 16.4 Å². The van der Waals surface area contributed by atoms with Crippen molar-refractivity contribution in [2.75, 3.05) is 19.6 Å². The summed E-state index contributed by atoms with van der Waals surface area (Å²) in [6.45, 7) is 4.02. The average molecular weight is 388 g/mol. The number of nitrogens with two attached hydrogens (primary N) is 1. The van der Waals surface area contributed by atoms with Gasteiger partial charge in [-0.25, -0.2) is 0 Å². The van der Waals surface area contributed by atoms with E-state index >= 15 is 0 Å². The fourth-order valence-electron chi connectivity index (χ4n) is 3.06. The molecule has 0 spiro atoms. The van der Waals surface area contributed by atoms with E-state index in [9.17, 15) is 0 Å². The number of likely N-dealkylation sites (tertiary alicyclic amines) is 1. The summed E-state index contributed by atoms with van der Waals surface area (Å²) in [5.74, 6) is 1.14. The van der Waals surface area contributed by atoms with Gasteiger partial charge < -0.3 is 5.73 Å². The molecule has 1 aromatic heterocycles. The van der Waals surface area contributed by atoms with Gasteiger partial charge in [-0.1, -0.05) is 30.3 Å². The third-order valence-corrected chi connectivity index (χ3v) is 5.66. The predicted octanol–water partition coefficient (Wildman–Crippen LogP) is 4.11. The summed E-state index contributed by atoms with van der Waals surface area (Å²) in [7, 11) is 0. The molecule has 1 fully saturated rings. The standard InChI is InChI=1S/C16H19BrN2S.ClH/c17-16-7-6-14(20-16)10-19-9-13(8-18)15(11-19)12-4-2-1-3-5-12;/h1-7,13,15H,8-11,18H2;1H/t13-,15+;/m1./s1. The lowest BCUT2D eigenvalue weighted by Gasteiger charge is -2.16. The molecule has 0 saturated carbocycles. The first-order valence-electron chi connectivity index (χ1n) is 6.98. The lowest BCUT2D eigenvalue weighted by molar-refractivity contribution is 0.319. The zero-order valence-corrected chi connectivity index (χ0v) is 15.0. The molecule has 1 aliphatic heterocycles. The fraction of sp³-hybridized carbons (Fsp3) is 0.375. The van der Waals surface area contributed by atoms with Crippen LogP contribution in [0.4, 0.5) is 0 Å². The number of rotatable bonds is 4. The summed E-state index contributed by atoms with van der Waals surface area (Å²) in [6, 6.07) is 15.1. The van der Waals surface area contributed by atoms with Gasteiger partial charge in [-0.3, -0.25) is 4.90 Å². The monoisotopic (exact) mass is 386 g/mol. The van der Waals surface area contributed by atoms with Crippen LogP contribution in [0.15, 0.2) is 46.3 Å². The summed E-state index contributed by atoms with van der Waals surface area (Å²) in [4.78, 5) is 3.95. The van der Waals surface area contributed by atoms with Crippen LogP contribution in [-0.2, 0) is 6.54 Å². The van der Waals surface area contributed by atoms with Gasteiger partial charge >= 0.3 is 0 Å². The molecule has 2 N–H and O–H groups in total. The Hall–Kier alpha value is -0.390. The number of hydrogen-bond acceptors (Lipinski definition) is 3. The summed E-state index contributed by atoms with van der Waals surface area (Å²) in [5, 5.41) is 0. The molecule has 5 heteroatoms. The van der Waals surface area contributed by atoms with Crippen LogP contribution in [0.3, 0.4) is 0 Å². The van der Waals surface area contributed by atoms with E-state index in [2.05, 4.69) is 63.3 Å². The number of hydrogen-bond donors (Lipinski definition) is 1. The molecule has 1 saturated heterocycles. The Bertz CT molecular complexity index is 560. The predicted molar refractivity (Wildman–Crippen MR) is 96.3 cm³/mol. The molecule has 0 radical (unpaired) electrons. The topological polar surface area (TPSA) is 29.3 Å². The quantitative estimate of drug-likeness (QED) is 0.855. The van der Waals surface area contributed by atoms with Crippen molar-refractivity contribution < 1.29 is 0 Å². The van der Waals surface area contributed by atoms with Crippen molar-refractivity contribution in [2.24, 2.45) is 11.7 Å². The van der Waals surface area contributed by atoms with Crippen LogP contribution in [0, 0.1) is 5.92 Å². The van der Waals surface area contributed by atoms with Crippen LogP contribution < -0.4 is 5.73 Å². The van der Waals surface area contributed by atoms with Crippen LogP contribution in [-0.4, -0.2) is 24.5 Å². The molecule has 2 nitrogen and oxygen atoms in total. The second kappa shape index (κ2) is 7.75. The molecule has 0 bridgehead atoms. The van der Waals surface area contributed by atoms with Gasteiger partial charge in [-0.15, -0.1) is 23.7 Å². The number of thiophene rings is 1. The minimum Gasteiger partial charge on any atom is -0.330 e. The SMILES string of the molecule is Cl.NC[C@@H]1CN(Cc2ccc(Br)s2)C[C@H]1c1ccccc1. The van der Waals surface area contributed by atoms with E-state index in [1.165, 1.54) is 14.2 Å². The molecule has 21 heavy (non-hydrogen) atoms. The molecule has 0 unspecified atom stereocenters. The van der Waals surface area contributed by atoms with Crippen LogP contribution in [0.2, 0.25) is 0 Å². The largest absolute Gasteiger partial charge is 0.330 e. The fourth-order valence-corrected chi connectivity index (χ4v) is 4.59. The maximum atomic E-state index is 5.99. The van der Waals surface area contributed by atoms with Crippen molar-refractivity contribution in [3.8, 4) is 0 Å². The Kier molecular flexibility index (Phi) is 6.26. The highest BCUT2D eigenvalue weighted by Crippen LogP contribution is 2.33. The highest BCUT2D eigenvalue weighted by atomic mass is 79.9. The Labute approximate surface area is 144 Å². The van der Waals surface area contributed by atoms with E-state index in [1.807, 2.05) is 11.3 Å². The van der Waals surface area contributed by atoms with Crippen molar-refractivity contribution in [3.05, 3.63) is 56.7 Å². The first-order chi connectivity index (χ1) is 9.76. The molecule has 3 rings (SSSR count). The molecule has 1 aliphatic rings. The molecule has 2 aromatic rings. The van der Waals surface area contributed by atoms with Crippen LogP contribution >= 0.6 is 39.7 Å². The Balaban J connectivity index is 0.00000161. The van der Waals surface area contributed by atoms with E-state index in [-0.39, 0.29) is 12.4 Å². The van der Waals surface area contributed by atoms with Crippen molar-refractivity contribution in [2.45, 2.75) is 12.5 Å². The minimum absolute atomic E-state index is 0. The van der Waals surface area contributed by atoms with E-state index in [0.717, 1.165) is 26.2 Å². The second-order valence-electron chi connectivity index (χ2n) is 5.41. The van der Waals surface area contributed by atoms with E-state index < -0.39 is 0 Å². The van der Waals surface area contributed by atoms with Gasteiger partial charge in [0.05, 0.1) is 3.79 Å². The molecule has 2 heterocycles. The van der Waals surface area contributed by atoms with Crippen molar-refractivity contribution in [1.29, 1.82) is 0 Å². The third kappa shape index (κ3) is 4.08. The zero-order chi connectivity index (χ0) is 13.9.